The highest BCUT2D eigenvalue weighted by Gasteiger charge is 2.32. The fourth-order valence-corrected chi connectivity index (χ4v) is 5.89. The zero-order chi connectivity index (χ0) is 28.4. The molecule has 2 aromatic rings. The summed E-state index contributed by atoms with van der Waals surface area (Å²) < 4.78 is 5.12. The van der Waals surface area contributed by atoms with Crippen molar-refractivity contribution in [3.63, 3.8) is 0 Å². The topological polar surface area (TPSA) is 128 Å². The molecule has 0 spiro atoms. The average molecular weight is 562 g/mol. The number of anilines is 1. The number of aryl methyl sites for hydroxylation is 1. The largest absolute Gasteiger partial charge is 0.459 e. The van der Waals surface area contributed by atoms with Crippen molar-refractivity contribution >= 4 is 28.9 Å². The van der Waals surface area contributed by atoms with Gasteiger partial charge in [-0.3, -0.25) is 4.79 Å². The lowest BCUT2D eigenvalue weighted by atomic mass is 10.0. The molecule has 0 bridgehead atoms. The molecule has 0 saturated carbocycles. The number of hydrogen-bond acceptors (Lipinski definition) is 8. The summed E-state index contributed by atoms with van der Waals surface area (Å²) in [6, 6.07) is 11.4. The van der Waals surface area contributed by atoms with Crippen LogP contribution >= 0.6 is 11.3 Å². The third-order valence-corrected chi connectivity index (χ3v) is 8.50. The Balaban J connectivity index is 1.48. The first kappa shape index (κ1) is 31.2. The van der Waals surface area contributed by atoms with Crippen LogP contribution in [-0.4, -0.2) is 63.3 Å². The summed E-state index contributed by atoms with van der Waals surface area (Å²) in [6.45, 7) is 3.43. The van der Waals surface area contributed by atoms with Crippen LogP contribution in [0, 0.1) is 0 Å². The molecule has 2 heterocycles. The molecule has 1 fully saturated rings. The lowest BCUT2D eigenvalue weighted by Gasteiger charge is -2.25. The van der Waals surface area contributed by atoms with Crippen LogP contribution in [0.5, 0.6) is 0 Å². The summed E-state index contributed by atoms with van der Waals surface area (Å²) in [5.41, 5.74) is 1.75. The van der Waals surface area contributed by atoms with Crippen LogP contribution in [0.3, 0.4) is 0 Å². The van der Waals surface area contributed by atoms with Crippen LogP contribution in [0.4, 0.5) is 5.69 Å². The number of aliphatic hydroxyl groups is 4. The molecule has 4 N–H and O–H groups in total. The van der Waals surface area contributed by atoms with E-state index in [1.807, 2.05) is 35.2 Å². The number of esters is 1. The first-order valence-electron chi connectivity index (χ1n) is 14.1. The summed E-state index contributed by atoms with van der Waals surface area (Å²) in [5.74, 6) is -0.453. The van der Waals surface area contributed by atoms with E-state index in [0.717, 1.165) is 67.5 Å². The normalized spacial score (nSPS) is 18.7. The van der Waals surface area contributed by atoms with Crippen molar-refractivity contribution < 1.29 is 34.8 Å². The van der Waals surface area contributed by atoms with Gasteiger partial charge in [-0.05, 0) is 68.4 Å². The maximum atomic E-state index is 12.7. The number of amides is 1. The van der Waals surface area contributed by atoms with Crippen LogP contribution in [-0.2, 0) is 16.0 Å². The average Bonchev–Trinajstić information content (AvgIpc) is 3.57. The van der Waals surface area contributed by atoms with Gasteiger partial charge in [-0.1, -0.05) is 45.2 Å². The maximum Gasteiger partial charge on any atom is 0.348 e. The summed E-state index contributed by atoms with van der Waals surface area (Å²) in [6.07, 6.45) is 3.77. The number of benzene rings is 1. The molecule has 0 aliphatic carbocycles. The summed E-state index contributed by atoms with van der Waals surface area (Å²) >= 11 is 1.33. The van der Waals surface area contributed by atoms with Crippen LogP contribution in [0.2, 0.25) is 0 Å². The monoisotopic (exact) mass is 561 g/mol. The van der Waals surface area contributed by atoms with Gasteiger partial charge < -0.3 is 30.1 Å². The van der Waals surface area contributed by atoms with E-state index in [-0.39, 0.29) is 18.4 Å². The Morgan fingerprint density at radius 3 is 2.46 bits per heavy atom. The molecule has 1 amide bonds. The molecule has 5 atom stereocenters. The molecular weight excluding hydrogens is 518 g/mol. The Morgan fingerprint density at radius 2 is 1.77 bits per heavy atom. The fourth-order valence-electron chi connectivity index (χ4n) is 4.95. The maximum absolute atomic E-state index is 12.7. The van der Waals surface area contributed by atoms with Gasteiger partial charge in [-0.15, -0.1) is 11.3 Å². The molecule has 1 saturated heterocycles. The van der Waals surface area contributed by atoms with Crippen LogP contribution in [0.15, 0.2) is 36.4 Å². The third-order valence-electron chi connectivity index (χ3n) is 7.38. The van der Waals surface area contributed by atoms with E-state index in [2.05, 4.69) is 6.92 Å². The molecule has 216 valence electrons. The molecule has 0 radical (unpaired) electrons. The van der Waals surface area contributed by atoms with Crippen LogP contribution in [0.25, 0.3) is 0 Å². The Labute approximate surface area is 235 Å². The molecule has 1 aromatic heterocycles. The van der Waals surface area contributed by atoms with Crippen molar-refractivity contribution in [3.8, 4) is 0 Å². The van der Waals surface area contributed by atoms with Crippen LogP contribution < -0.4 is 4.90 Å². The van der Waals surface area contributed by atoms with E-state index in [1.165, 1.54) is 11.3 Å². The second-order valence-corrected chi connectivity index (χ2v) is 11.5. The van der Waals surface area contributed by atoms with Crippen molar-refractivity contribution in [3.05, 3.63) is 51.7 Å². The molecular formula is C30H43NO7S. The predicted octanol–water partition coefficient (Wildman–Crippen LogP) is 4.53. The van der Waals surface area contributed by atoms with Gasteiger partial charge >= 0.3 is 5.97 Å². The summed E-state index contributed by atoms with van der Waals surface area (Å²) in [4.78, 5) is 28.4. The quantitative estimate of drug-likeness (QED) is 0.175. The fraction of sp³-hybridized carbons (Fsp3) is 0.600. The molecule has 8 nitrogen and oxygen atoms in total. The molecule has 39 heavy (non-hydrogen) atoms. The minimum absolute atomic E-state index is 0.119. The van der Waals surface area contributed by atoms with Gasteiger partial charge in [0, 0.05) is 23.0 Å². The van der Waals surface area contributed by atoms with Gasteiger partial charge in [0.05, 0.1) is 12.2 Å². The number of aliphatic hydroxyl groups excluding tert-OH is 4. The third kappa shape index (κ3) is 8.85. The summed E-state index contributed by atoms with van der Waals surface area (Å²) in [7, 11) is 0. The lowest BCUT2D eigenvalue weighted by Crippen LogP contribution is -2.40. The van der Waals surface area contributed by atoms with E-state index in [1.54, 1.807) is 13.0 Å². The molecule has 1 aliphatic rings. The van der Waals surface area contributed by atoms with E-state index in [9.17, 15) is 30.0 Å². The Hall–Kier alpha value is -2.30. The molecule has 0 unspecified atom stereocenters. The van der Waals surface area contributed by atoms with Crippen molar-refractivity contribution in [2.45, 2.75) is 109 Å². The van der Waals surface area contributed by atoms with E-state index in [0.29, 0.717) is 11.3 Å². The molecule has 1 aliphatic heterocycles. The van der Waals surface area contributed by atoms with Gasteiger partial charge in [0.15, 0.2) is 0 Å². The number of ether oxygens (including phenoxy) is 1. The van der Waals surface area contributed by atoms with Crippen molar-refractivity contribution in [1.29, 1.82) is 0 Å². The smallest absolute Gasteiger partial charge is 0.348 e. The number of rotatable bonds is 16. The molecule has 9 heteroatoms. The predicted molar refractivity (Wildman–Crippen MR) is 152 cm³/mol. The first-order valence-corrected chi connectivity index (χ1v) is 15.0. The van der Waals surface area contributed by atoms with Gasteiger partial charge in [0.1, 0.15) is 23.7 Å². The number of nitrogens with zero attached hydrogens (tertiary/aromatic N) is 1. The van der Waals surface area contributed by atoms with Crippen molar-refractivity contribution in [1.82, 2.24) is 0 Å². The molecule has 3 rings (SSSR count). The molecule has 1 aromatic carbocycles. The highest BCUT2D eigenvalue weighted by atomic mass is 32.1. The highest BCUT2D eigenvalue weighted by Crippen LogP contribution is 2.31. The minimum Gasteiger partial charge on any atom is -0.459 e. The SMILES string of the molecule is CCCCC[C@H](O)c1ccc(N2C(=O)CC[C@@H]2CCCc2ccc(C(=O)OC[C@@H](O)[C@@H](O)[C@@H](O)CC)s2)cc1. The van der Waals surface area contributed by atoms with Gasteiger partial charge in [-0.2, -0.15) is 0 Å². The van der Waals surface area contributed by atoms with Gasteiger partial charge in [0.2, 0.25) is 5.91 Å². The van der Waals surface area contributed by atoms with Crippen molar-refractivity contribution in [2.24, 2.45) is 0 Å². The standard InChI is InChI=1S/C30H43NO7S/c1-3-5-6-10-25(33)20-11-13-22(14-12-20)31-21(15-18-28(31)35)8-7-9-23-16-17-27(39-23)30(37)38-19-26(34)29(36)24(32)4-2/h11-14,16-17,21,24-26,29,32-34,36H,3-10,15,18-19H2,1-2H3/t21-,24-,25-,26+,29-/m0/s1. The zero-order valence-electron chi connectivity index (χ0n) is 23.0. The van der Waals surface area contributed by atoms with Crippen LogP contribution in [0.1, 0.15) is 97.9 Å². The number of hydrogen-bond donors (Lipinski definition) is 4. The lowest BCUT2D eigenvalue weighted by molar-refractivity contribution is -0.117. The first-order chi connectivity index (χ1) is 18.7. The Bertz CT molecular complexity index is 1040. The number of thiophene rings is 1. The van der Waals surface area contributed by atoms with E-state index in [4.69, 9.17) is 4.74 Å². The Morgan fingerprint density at radius 1 is 1.03 bits per heavy atom. The number of unbranched alkanes of at least 4 members (excludes halogenated alkanes) is 2. The number of carbonyl (C=O) groups excluding carboxylic acids is 2. The van der Waals surface area contributed by atoms with Gasteiger partial charge in [-0.25, -0.2) is 4.79 Å². The second-order valence-electron chi connectivity index (χ2n) is 10.3. The summed E-state index contributed by atoms with van der Waals surface area (Å²) in [5, 5.41) is 39.8. The second kappa shape index (κ2) is 15.5. The van der Waals surface area contributed by atoms with E-state index < -0.39 is 37.0 Å². The highest BCUT2D eigenvalue weighted by molar-refractivity contribution is 7.13. The Kier molecular flexibility index (Phi) is 12.4. The zero-order valence-corrected chi connectivity index (χ0v) is 23.8. The van der Waals surface area contributed by atoms with Gasteiger partial charge in [0.25, 0.3) is 0 Å². The minimum atomic E-state index is -1.37. The van der Waals surface area contributed by atoms with Crippen molar-refractivity contribution in [2.75, 3.05) is 11.5 Å². The number of carbonyl (C=O) groups is 2. The van der Waals surface area contributed by atoms with E-state index >= 15 is 0 Å².